The first-order valence-corrected chi connectivity index (χ1v) is 8.43. The molecule has 19 heavy (non-hydrogen) atoms. The summed E-state index contributed by atoms with van der Waals surface area (Å²) in [7, 11) is -7.54. The van der Waals surface area contributed by atoms with E-state index in [2.05, 4.69) is 0 Å². The number of ether oxygens (including phenoxy) is 1. The van der Waals surface area contributed by atoms with E-state index in [0.717, 1.165) is 0 Å². The van der Waals surface area contributed by atoms with Crippen LogP contribution in [0, 0.1) is 11.8 Å². The quantitative estimate of drug-likeness (QED) is 0.566. The number of alkyl halides is 2. The van der Waals surface area contributed by atoms with Crippen molar-refractivity contribution in [1.82, 2.24) is 0 Å². The smallest absolute Gasteiger partial charge is 0.365 e. The lowest BCUT2D eigenvalue weighted by atomic mass is 9.94. The fraction of sp³-hybridized carbons (Fsp3) is 1.00. The van der Waals surface area contributed by atoms with E-state index < -0.39 is 50.1 Å². The Balaban J connectivity index is 1.72. The lowest BCUT2D eigenvalue weighted by Gasteiger charge is -2.26. The molecule has 10 heteroatoms. The van der Waals surface area contributed by atoms with Gasteiger partial charge in [0, 0.05) is 5.92 Å². The second kappa shape index (κ2) is 4.09. The summed E-state index contributed by atoms with van der Waals surface area (Å²) in [6, 6.07) is 0. The zero-order valence-corrected chi connectivity index (χ0v) is 11.3. The Kier molecular flexibility index (Phi) is 2.94. The lowest BCUT2D eigenvalue weighted by molar-refractivity contribution is -0.0901. The molecule has 2 aliphatic carbocycles. The van der Waals surface area contributed by atoms with Gasteiger partial charge >= 0.3 is 5.25 Å². The Labute approximate surface area is 110 Å². The van der Waals surface area contributed by atoms with E-state index in [-0.39, 0.29) is 11.8 Å². The molecule has 2 bridgehead atoms. The summed E-state index contributed by atoms with van der Waals surface area (Å²) in [6.07, 6.45) is -0.606. The van der Waals surface area contributed by atoms with Gasteiger partial charge in [0.05, 0.1) is 11.4 Å². The average Bonchev–Trinajstić information content (AvgIpc) is 2.87. The highest BCUT2D eigenvalue weighted by Crippen LogP contribution is 2.55. The minimum Gasteiger partial charge on any atom is -0.368 e. The summed E-state index contributed by atoms with van der Waals surface area (Å²) in [4.78, 5) is 0. The molecule has 1 aliphatic heterocycles. The first-order chi connectivity index (χ1) is 8.72. The van der Waals surface area contributed by atoms with Crippen molar-refractivity contribution in [3.05, 3.63) is 0 Å². The van der Waals surface area contributed by atoms with Crippen LogP contribution in [0.3, 0.4) is 0 Å². The van der Waals surface area contributed by atoms with Gasteiger partial charge in [-0.15, -0.1) is 0 Å². The van der Waals surface area contributed by atoms with Crippen LogP contribution in [0.15, 0.2) is 0 Å². The molecule has 6 nitrogen and oxygen atoms in total. The van der Waals surface area contributed by atoms with Gasteiger partial charge in [-0.25, -0.2) is 8.42 Å². The van der Waals surface area contributed by atoms with Crippen molar-refractivity contribution in [3.63, 3.8) is 0 Å². The summed E-state index contributed by atoms with van der Waals surface area (Å²) in [5.74, 6) is -0.368. The molecule has 0 aromatic carbocycles. The van der Waals surface area contributed by atoms with Crippen molar-refractivity contribution in [2.24, 2.45) is 11.8 Å². The van der Waals surface area contributed by atoms with Crippen LogP contribution >= 0.6 is 0 Å². The predicted molar refractivity (Wildman–Crippen MR) is 58.8 cm³/mol. The summed E-state index contributed by atoms with van der Waals surface area (Å²) in [5, 5.41) is -4.49. The molecule has 2 saturated carbocycles. The molecular formula is C9H12F2O6S2. The van der Waals surface area contributed by atoms with Gasteiger partial charge in [0.1, 0.15) is 12.7 Å². The molecule has 5 atom stereocenters. The van der Waals surface area contributed by atoms with E-state index in [1.807, 2.05) is 0 Å². The van der Waals surface area contributed by atoms with Crippen LogP contribution in [0.4, 0.5) is 8.78 Å². The van der Waals surface area contributed by atoms with Crippen LogP contribution in [-0.4, -0.2) is 46.2 Å². The van der Waals surface area contributed by atoms with Gasteiger partial charge in [-0.2, -0.15) is 17.2 Å². The van der Waals surface area contributed by atoms with E-state index in [4.69, 9.17) is 8.92 Å². The Morgan fingerprint density at radius 1 is 1.32 bits per heavy atom. The third-order valence-corrected chi connectivity index (χ3v) is 6.57. The van der Waals surface area contributed by atoms with Crippen LogP contribution in [0.5, 0.6) is 0 Å². The van der Waals surface area contributed by atoms with E-state index in [0.29, 0.717) is 12.8 Å². The molecule has 110 valence electrons. The van der Waals surface area contributed by atoms with E-state index >= 15 is 0 Å². The topological polar surface area (TPSA) is 86.7 Å². The third kappa shape index (κ3) is 1.99. The van der Waals surface area contributed by atoms with Crippen molar-refractivity contribution < 1.29 is 34.5 Å². The molecule has 3 rings (SSSR count). The van der Waals surface area contributed by atoms with Crippen molar-refractivity contribution in [1.29, 1.82) is 0 Å². The standard InChI is InChI=1S/C9H12F2O6S2/c10-9(11,18(12)13)3-16-7-4-1-5-6(2-4)19(14,15)17-8(5)7/h4-8,18H,1-3H2. The maximum absolute atomic E-state index is 13.0. The van der Waals surface area contributed by atoms with Gasteiger partial charge in [-0.3, -0.25) is 4.18 Å². The zero-order valence-electron chi connectivity index (χ0n) is 9.57. The highest BCUT2D eigenvalue weighted by molar-refractivity contribution is 7.87. The second-order valence-electron chi connectivity index (χ2n) is 5.19. The fourth-order valence-electron chi connectivity index (χ4n) is 3.36. The summed E-state index contributed by atoms with van der Waals surface area (Å²) in [6.45, 7) is -1.26. The lowest BCUT2D eigenvalue weighted by Crippen LogP contribution is -2.39. The summed E-state index contributed by atoms with van der Waals surface area (Å²) in [5.41, 5.74) is 0. The van der Waals surface area contributed by atoms with Crippen molar-refractivity contribution in [2.75, 3.05) is 6.61 Å². The fourth-order valence-corrected chi connectivity index (χ4v) is 5.42. The molecular weight excluding hydrogens is 306 g/mol. The van der Waals surface area contributed by atoms with E-state index in [9.17, 15) is 25.6 Å². The van der Waals surface area contributed by atoms with Crippen LogP contribution in [0.25, 0.3) is 0 Å². The molecule has 0 radical (unpaired) electrons. The molecule has 0 spiro atoms. The highest BCUT2D eigenvalue weighted by Gasteiger charge is 2.64. The third-order valence-electron chi connectivity index (χ3n) is 4.13. The molecule has 3 fully saturated rings. The molecule has 0 amide bonds. The zero-order chi connectivity index (χ0) is 14.0. The largest absolute Gasteiger partial charge is 0.368 e. The van der Waals surface area contributed by atoms with Crippen molar-refractivity contribution in [3.8, 4) is 0 Å². The molecule has 0 aromatic heterocycles. The van der Waals surface area contributed by atoms with Crippen LogP contribution < -0.4 is 0 Å². The minimum atomic E-state index is -3.94. The van der Waals surface area contributed by atoms with Gasteiger partial charge in [-0.05, 0) is 18.8 Å². The first kappa shape index (κ1) is 13.7. The maximum Gasteiger partial charge on any atom is 0.365 e. The van der Waals surface area contributed by atoms with Crippen LogP contribution in [-0.2, 0) is 29.7 Å². The van der Waals surface area contributed by atoms with Crippen molar-refractivity contribution >= 4 is 20.8 Å². The Hall–Kier alpha value is -0.320. The van der Waals surface area contributed by atoms with Gasteiger partial charge in [0.2, 0.25) is 10.7 Å². The van der Waals surface area contributed by atoms with E-state index in [1.54, 1.807) is 0 Å². The molecule has 0 N–H and O–H groups in total. The van der Waals surface area contributed by atoms with Gasteiger partial charge < -0.3 is 4.74 Å². The Morgan fingerprint density at radius 2 is 2.00 bits per heavy atom. The van der Waals surface area contributed by atoms with Crippen LogP contribution in [0.1, 0.15) is 12.8 Å². The number of hydrogen-bond acceptors (Lipinski definition) is 6. The normalized spacial score (nSPS) is 43.2. The number of thiol groups is 1. The van der Waals surface area contributed by atoms with Crippen LogP contribution in [0.2, 0.25) is 0 Å². The molecule has 0 aromatic rings. The molecule has 3 aliphatic rings. The maximum atomic E-state index is 13.0. The van der Waals surface area contributed by atoms with Gasteiger partial charge in [0.25, 0.3) is 10.1 Å². The highest BCUT2D eigenvalue weighted by atomic mass is 32.2. The monoisotopic (exact) mass is 318 g/mol. The molecule has 1 heterocycles. The number of fused-ring (bicyclic) bond motifs is 1. The molecule has 5 unspecified atom stereocenters. The first-order valence-electron chi connectivity index (χ1n) is 5.78. The Morgan fingerprint density at radius 3 is 2.63 bits per heavy atom. The predicted octanol–water partition coefficient (Wildman–Crippen LogP) is -0.287. The number of rotatable bonds is 4. The molecule has 1 saturated heterocycles. The average molecular weight is 318 g/mol. The minimum absolute atomic E-state index is 0.155. The summed E-state index contributed by atoms with van der Waals surface area (Å²) < 4.78 is 79.7. The van der Waals surface area contributed by atoms with Gasteiger partial charge in [-0.1, -0.05) is 0 Å². The van der Waals surface area contributed by atoms with E-state index in [1.165, 1.54) is 0 Å². The number of hydrogen-bond donors (Lipinski definition) is 1. The van der Waals surface area contributed by atoms with Gasteiger partial charge in [0.15, 0.2) is 0 Å². The van der Waals surface area contributed by atoms with Crippen molar-refractivity contribution in [2.45, 2.75) is 35.6 Å². The summed E-state index contributed by atoms with van der Waals surface area (Å²) >= 11 is 0. The Bertz CT molecular complexity index is 563. The number of halogens is 2. The SMILES string of the molecule is O=[SH](=O)C(F)(F)COC1C2CC3C1OS(=O)(=O)C3C2. The second-order valence-corrected chi connectivity index (χ2v) is 8.14.